The zero-order valence-corrected chi connectivity index (χ0v) is 16.9. The number of thiophene rings is 1. The van der Waals surface area contributed by atoms with Gasteiger partial charge in [0.1, 0.15) is 0 Å². The van der Waals surface area contributed by atoms with E-state index in [-0.39, 0.29) is 24.8 Å². The van der Waals surface area contributed by atoms with Gasteiger partial charge in [0.05, 0.1) is 10.6 Å². The molecule has 0 saturated carbocycles. The average molecular weight is 385 g/mol. The number of Topliss-reactive ketones (excluding diaryl/α,β-unsaturated/α-hetero) is 1. The van der Waals surface area contributed by atoms with Crippen LogP contribution in [0, 0.1) is 20.8 Å². The van der Waals surface area contributed by atoms with Gasteiger partial charge >= 0.3 is 5.97 Å². The molecule has 0 amide bonds. The maximum absolute atomic E-state index is 12.1. The first kappa shape index (κ1) is 19.2. The van der Waals surface area contributed by atoms with Gasteiger partial charge in [0.15, 0.2) is 12.3 Å². The minimum absolute atomic E-state index is 0.157. The number of aryl methyl sites for hydroxylation is 4. The van der Waals surface area contributed by atoms with Crippen molar-refractivity contribution in [3.8, 4) is 0 Å². The Morgan fingerprint density at radius 3 is 2.70 bits per heavy atom. The number of nitrogens with zero attached hydrogens (tertiary/aromatic N) is 3. The minimum atomic E-state index is -0.383. The molecular weight excluding hydrogens is 362 g/mol. The predicted octanol–water partition coefficient (Wildman–Crippen LogP) is 3.64. The van der Waals surface area contributed by atoms with Crippen LogP contribution in [-0.2, 0) is 22.4 Å². The number of aromatic nitrogens is 3. The molecule has 0 bridgehead atoms. The number of esters is 1. The number of ether oxygens (including phenoxy) is 1. The van der Waals surface area contributed by atoms with E-state index in [2.05, 4.69) is 10.1 Å². The molecule has 0 N–H and O–H groups in total. The second kappa shape index (κ2) is 8.00. The fraction of sp³-hybridized carbons (Fsp3) is 0.400. The quantitative estimate of drug-likeness (QED) is 0.459. The summed E-state index contributed by atoms with van der Waals surface area (Å²) >= 11 is 1.45. The molecule has 0 aliphatic carbocycles. The van der Waals surface area contributed by atoms with Crippen LogP contribution < -0.4 is 0 Å². The smallest absolute Gasteiger partial charge is 0.306 e. The second-order valence-electron chi connectivity index (χ2n) is 6.52. The zero-order chi connectivity index (χ0) is 19.6. The van der Waals surface area contributed by atoms with Gasteiger partial charge in [-0.1, -0.05) is 6.92 Å². The van der Waals surface area contributed by atoms with Crippen molar-refractivity contribution >= 4 is 28.7 Å². The summed E-state index contributed by atoms with van der Waals surface area (Å²) in [7, 11) is 0. The lowest BCUT2D eigenvalue weighted by Gasteiger charge is -2.10. The fourth-order valence-electron chi connectivity index (χ4n) is 3.04. The molecule has 142 valence electrons. The number of hydrogen-bond acceptors (Lipinski definition) is 6. The van der Waals surface area contributed by atoms with Crippen LogP contribution in [0.2, 0.25) is 0 Å². The number of carbonyl (C=O) groups is 2. The molecule has 0 saturated heterocycles. The van der Waals surface area contributed by atoms with E-state index in [0.717, 1.165) is 39.6 Å². The van der Waals surface area contributed by atoms with Gasteiger partial charge in [0.2, 0.25) is 5.78 Å². The Bertz CT molecular complexity index is 1000. The molecule has 3 aromatic heterocycles. The lowest BCUT2D eigenvalue weighted by molar-refractivity contribution is -0.142. The van der Waals surface area contributed by atoms with Crippen molar-refractivity contribution in [2.75, 3.05) is 6.61 Å². The molecule has 7 heteroatoms. The van der Waals surface area contributed by atoms with Crippen molar-refractivity contribution < 1.29 is 14.3 Å². The summed E-state index contributed by atoms with van der Waals surface area (Å²) in [5.74, 6) is -0.540. The average Bonchev–Trinajstić information content (AvgIpc) is 3.25. The molecule has 0 spiro atoms. The van der Waals surface area contributed by atoms with Crippen LogP contribution in [0.5, 0.6) is 0 Å². The molecule has 0 radical (unpaired) electrons. The second-order valence-corrected chi connectivity index (χ2v) is 7.69. The maximum atomic E-state index is 12.1. The van der Waals surface area contributed by atoms with E-state index >= 15 is 0 Å². The van der Waals surface area contributed by atoms with Gasteiger partial charge in [-0.05, 0) is 51.3 Å². The summed E-state index contributed by atoms with van der Waals surface area (Å²) in [5, 5.41) is 4.44. The molecular formula is C20H23N3O3S. The molecule has 0 aliphatic rings. The minimum Gasteiger partial charge on any atom is -0.457 e. The lowest BCUT2D eigenvalue weighted by Crippen LogP contribution is -2.14. The van der Waals surface area contributed by atoms with E-state index in [1.807, 2.05) is 39.8 Å². The van der Waals surface area contributed by atoms with Gasteiger partial charge in [0.25, 0.3) is 0 Å². The van der Waals surface area contributed by atoms with Gasteiger partial charge in [-0.25, -0.2) is 9.50 Å². The Labute approximate surface area is 162 Å². The van der Waals surface area contributed by atoms with Crippen LogP contribution in [0.4, 0.5) is 0 Å². The van der Waals surface area contributed by atoms with E-state index in [1.54, 1.807) is 10.6 Å². The van der Waals surface area contributed by atoms with Crippen molar-refractivity contribution in [1.29, 1.82) is 0 Å². The summed E-state index contributed by atoms with van der Waals surface area (Å²) in [5.41, 5.74) is 4.55. The Kier molecular flexibility index (Phi) is 5.70. The molecule has 6 nitrogen and oxygen atoms in total. The largest absolute Gasteiger partial charge is 0.457 e. The Morgan fingerprint density at radius 1 is 1.22 bits per heavy atom. The molecule has 3 aromatic rings. The van der Waals surface area contributed by atoms with Gasteiger partial charge in [-0.2, -0.15) is 5.10 Å². The number of fused-ring (bicyclic) bond motifs is 1. The topological polar surface area (TPSA) is 73.6 Å². The standard InChI is InChI=1S/C20H23N3O3S/c1-5-15-6-8-18(27-15)17(24)11-26-20(25)9-7-16-13(3)21-19-10-12(2)22-23(19)14(16)4/h6,8,10H,5,7,9,11H2,1-4H3. The van der Waals surface area contributed by atoms with Gasteiger partial charge < -0.3 is 4.74 Å². The highest BCUT2D eigenvalue weighted by atomic mass is 32.1. The zero-order valence-electron chi connectivity index (χ0n) is 16.0. The molecule has 3 heterocycles. The maximum Gasteiger partial charge on any atom is 0.306 e. The number of hydrogen-bond donors (Lipinski definition) is 0. The molecule has 27 heavy (non-hydrogen) atoms. The highest BCUT2D eigenvalue weighted by Crippen LogP contribution is 2.19. The summed E-state index contributed by atoms with van der Waals surface area (Å²) in [6, 6.07) is 5.66. The van der Waals surface area contributed by atoms with Crippen LogP contribution in [0.1, 0.15) is 50.5 Å². The summed E-state index contributed by atoms with van der Waals surface area (Å²) in [4.78, 5) is 30.5. The first-order valence-corrected chi connectivity index (χ1v) is 9.80. The van der Waals surface area contributed by atoms with Gasteiger partial charge in [0, 0.05) is 28.8 Å². The van der Waals surface area contributed by atoms with Crippen LogP contribution in [-0.4, -0.2) is 33.0 Å². The third-order valence-electron chi connectivity index (χ3n) is 4.51. The third-order valence-corrected chi connectivity index (χ3v) is 5.79. The van der Waals surface area contributed by atoms with Crippen molar-refractivity contribution in [2.24, 2.45) is 0 Å². The lowest BCUT2D eigenvalue weighted by atomic mass is 10.1. The van der Waals surface area contributed by atoms with Crippen molar-refractivity contribution in [3.63, 3.8) is 0 Å². The highest BCUT2D eigenvalue weighted by molar-refractivity contribution is 7.14. The SMILES string of the molecule is CCc1ccc(C(=O)COC(=O)CCc2c(C)nc3cc(C)nn3c2C)s1. The van der Waals surface area contributed by atoms with Crippen molar-refractivity contribution in [3.05, 3.63) is 50.6 Å². The molecule has 0 fully saturated rings. The van der Waals surface area contributed by atoms with E-state index in [9.17, 15) is 9.59 Å². The van der Waals surface area contributed by atoms with E-state index in [4.69, 9.17) is 4.74 Å². The van der Waals surface area contributed by atoms with Gasteiger partial charge in [-0.15, -0.1) is 11.3 Å². The number of carbonyl (C=O) groups excluding carboxylic acids is 2. The summed E-state index contributed by atoms with van der Waals surface area (Å²) < 4.78 is 6.97. The fourth-order valence-corrected chi connectivity index (χ4v) is 3.91. The number of rotatable bonds is 7. The first-order chi connectivity index (χ1) is 12.9. The number of ketones is 1. The summed E-state index contributed by atoms with van der Waals surface area (Å²) in [6.07, 6.45) is 1.60. The Morgan fingerprint density at radius 2 is 2.00 bits per heavy atom. The van der Waals surface area contributed by atoms with E-state index in [1.165, 1.54) is 11.3 Å². The van der Waals surface area contributed by atoms with E-state index in [0.29, 0.717) is 11.3 Å². The Balaban J connectivity index is 1.59. The summed E-state index contributed by atoms with van der Waals surface area (Å²) in [6.45, 7) is 7.66. The van der Waals surface area contributed by atoms with E-state index < -0.39 is 0 Å². The highest BCUT2D eigenvalue weighted by Gasteiger charge is 2.15. The van der Waals surface area contributed by atoms with Crippen LogP contribution in [0.25, 0.3) is 5.65 Å². The van der Waals surface area contributed by atoms with Crippen LogP contribution in [0.15, 0.2) is 18.2 Å². The molecule has 0 unspecified atom stereocenters. The molecule has 0 aliphatic heterocycles. The first-order valence-electron chi connectivity index (χ1n) is 8.99. The van der Waals surface area contributed by atoms with Crippen molar-refractivity contribution in [1.82, 2.24) is 14.6 Å². The monoisotopic (exact) mass is 385 g/mol. The molecule has 0 aromatic carbocycles. The molecule has 3 rings (SSSR count). The van der Waals surface area contributed by atoms with Crippen LogP contribution >= 0.6 is 11.3 Å². The molecule has 0 atom stereocenters. The normalized spacial score (nSPS) is 11.1. The van der Waals surface area contributed by atoms with Gasteiger partial charge in [-0.3, -0.25) is 9.59 Å². The predicted molar refractivity (Wildman–Crippen MR) is 105 cm³/mol. The Hall–Kier alpha value is -2.54. The third kappa shape index (κ3) is 4.24. The van der Waals surface area contributed by atoms with Crippen molar-refractivity contribution in [2.45, 2.75) is 47.0 Å². The van der Waals surface area contributed by atoms with Crippen LogP contribution in [0.3, 0.4) is 0 Å².